The number of nitrogens with zero attached hydrogens (tertiary/aromatic N) is 4. The van der Waals surface area contributed by atoms with E-state index >= 15 is 0 Å². The summed E-state index contributed by atoms with van der Waals surface area (Å²) in [6.45, 7) is 4.69. The smallest absolute Gasteiger partial charge is 0.157 e. The topological polar surface area (TPSA) is 55.2 Å². The second kappa shape index (κ2) is 7.64. The molecule has 0 amide bonds. The Hall–Kier alpha value is -1.76. The molecule has 1 atom stereocenters. The van der Waals surface area contributed by atoms with Crippen LogP contribution in [0.25, 0.3) is 0 Å². The first-order chi connectivity index (χ1) is 12.3. The minimum absolute atomic E-state index is 0.00503. The fourth-order valence-corrected chi connectivity index (χ4v) is 3.69. The summed E-state index contributed by atoms with van der Waals surface area (Å²) in [4.78, 5) is 7.28. The maximum atomic E-state index is 5.98. The minimum atomic E-state index is 0.00503. The highest BCUT2D eigenvalue weighted by Gasteiger charge is 2.28. The molecule has 6 heteroatoms. The zero-order chi connectivity index (χ0) is 17.1. The van der Waals surface area contributed by atoms with Gasteiger partial charge >= 0.3 is 0 Å². The van der Waals surface area contributed by atoms with Crippen molar-refractivity contribution < 1.29 is 4.74 Å². The van der Waals surface area contributed by atoms with Crippen molar-refractivity contribution in [3.63, 3.8) is 0 Å². The molecule has 0 spiro atoms. The van der Waals surface area contributed by atoms with E-state index in [9.17, 15) is 0 Å². The van der Waals surface area contributed by atoms with Crippen LogP contribution in [-0.2, 0) is 11.2 Å². The monoisotopic (exact) mass is 341 g/mol. The molecule has 1 aromatic heterocycles. The maximum absolute atomic E-state index is 5.98. The van der Waals surface area contributed by atoms with Gasteiger partial charge in [0.1, 0.15) is 6.10 Å². The lowest BCUT2D eigenvalue weighted by Gasteiger charge is -2.31. The van der Waals surface area contributed by atoms with Gasteiger partial charge in [-0.2, -0.15) is 5.10 Å². The maximum Gasteiger partial charge on any atom is 0.157 e. The molecule has 6 nitrogen and oxygen atoms in total. The van der Waals surface area contributed by atoms with Crippen molar-refractivity contribution >= 4 is 0 Å². The van der Waals surface area contributed by atoms with Crippen LogP contribution < -0.4 is 5.32 Å². The molecule has 1 N–H and O–H groups in total. The molecule has 134 valence electrons. The number of benzene rings is 1. The van der Waals surface area contributed by atoms with Crippen LogP contribution in [0.4, 0.5) is 0 Å². The second-order valence-corrected chi connectivity index (χ2v) is 7.09. The molecule has 0 saturated carbocycles. The summed E-state index contributed by atoms with van der Waals surface area (Å²) >= 11 is 0. The molecule has 25 heavy (non-hydrogen) atoms. The summed E-state index contributed by atoms with van der Waals surface area (Å²) in [7, 11) is 2.19. The largest absolute Gasteiger partial charge is 0.368 e. The first kappa shape index (κ1) is 16.7. The number of hydrogen-bond donors (Lipinski definition) is 1. The van der Waals surface area contributed by atoms with Crippen molar-refractivity contribution in [1.29, 1.82) is 0 Å². The van der Waals surface area contributed by atoms with Crippen LogP contribution in [0.3, 0.4) is 0 Å². The molecule has 2 aliphatic rings. The summed E-state index contributed by atoms with van der Waals surface area (Å²) in [5.74, 6) is 1.89. The first-order valence-corrected chi connectivity index (χ1v) is 9.29. The van der Waals surface area contributed by atoms with E-state index in [1.807, 2.05) is 6.07 Å². The van der Waals surface area contributed by atoms with E-state index in [4.69, 9.17) is 14.8 Å². The second-order valence-electron chi connectivity index (χ2n) is 7.09. The van der Waals surface area contributed by atoms with Gasteiger partial charge < -0.3 is 15.0 Å². The van der Waals surface area contributed by atoms with Crippen molar-refractivity contribution in [3.8, 4) is 0 Å². The lowest BCUT2D eigenvalue weighted by molar-refractivity contribution is 0.0171. The molecule has 3 heterocycles. The van der Waals surface area contributed by atoms with Crippen molar-refractivity contribution in [1.82, 2.24) is 25.0 Å². The number of morpholine rings is 1. The molecule has 1 aromatic carbocycles. The lowest BCUT2D eigenvalue weighted by atomic mass is 10.1. The molecule has 0 radical (unpaired) electrons. The third kappa shape index (κ3) is 3.92. The Balaban J connectivity index is 1.60. The van der Waals surface area contributed by atoms with Crippen LogP contribution in [-0.4, -0.2) is 59.5 Å². The molecular formula is C19H27N5O. The van der Waals surface area contributed by atoms with E-state index in [2.05, 4.69) is 46.2 Å². The van der Waals surface area contributed by atoms with Crippen LogP contribution in [0.15, 0.2) is 30.3 Å². The SMILES string of the molecule is CN1CCC(n2nc(Cc3ccccc3)nc2C2CNCCO2)CC1. The van der Waals surface area contributed by atoms with Gasteiger partial charge in [-0.3, -0.25) is 0 Å². The predicted molar refractivity (Wildman–Crippen MR) is 96.6 cm³/mol. The highest BCUT2D eigenvalue weighted by molar-refractivity contribution is 5.19. The standard InChI is InChI=1S/C19H27N5O/c1-23-10-7-16(8-11-23)24-19(17-14-20-9-12-25-17)21-18(22-24)13-15-5-3-2-4-6-15/h2-6,16-17,20H,7-14H2,1H3. The molecule has 4 rings (SSSR count). The van der Waals surface area contributed by atoms with Gasteiger partial charge in [0.05, 0.1) is 12.6 Å². The third-order valence-electron chi connectivity index (χ3n) is 5.16. The zero-order valence-corrected chi connectivity index (χ0v) is 14.9. The summed E-state index contributed by atoms with van der Waals surface area (Å²) in [5.41, 5.74) is 1.25. The quantitative estimate of drug-likeness (QED) is 0.919. The van der Waals surface area contributed by atoms with Crippen molar-refractivity contribution in [3.05, 3.63) is 47.5 Å². The fourth-order valence-electron chi connectivity index (χ4n) is 3.69. The Morgan fingerprint density at radius 3 is 2.72 bits per heavy atom. The summed E-state index contributed by atoms with van der Waals surface area (Å²) in [6.07, 6.45) is 3.02. The Bertz CT molecular complexity index is 672. The van der Waals surface area contributed by atoms with E-state index in [0.29, 0.717) is 6.04 Å². The molecule has 0 bridgehead atoms. The van der Waals surface area contributed by atoms with Crippen molar-refractivity contribution in [2.45, 2.75) is 31.4 Å². The van der Waals surface area contributed by atoms with Crippen LogP contribution in [0.2, 0.25) is 0 Å². The van der Waals surface area contributed by atoms with Crippen LogP contribution in [0.1, 0.15) is 42.2 Å². The van der Waals surface area contributed by atoms with E-state index < -0.39 is 0 Å². The molecular weight excluding hydrogens is 314 g/mol. The molecule has 2 aliphatic heterocycles. The van der Waals surface area contributed by atoms with Crippen molar-refractivity contribution in [2.75, 3.05) is 39.8 Å². The van der Waals surface area contributed by atoms with Crippen LogP contribution in [0, 0.1) is 0 Å². The molecule has 0 aliphatic carbocycles. The number of ether oxygens (including phenoxy) is 1. The fraction of sp³-hybridized carbons (Fsp3) is 0.579. The number of hydrogen-bond acceptors (Lipinski definition) is 5. The van der Waals surface area contributed by atoms with Gasteiger partial charge in [-0.1, -0.05) is 30.3 Å². The lowest BCUT2D eigenvalue weighted by Crippen LogP contribution is -2.37. The number of piperidine rings is 1. The van der Waals surface area contributed by atoms with Crippen LogP contribution in [0.5, 0.6) is 0 Å². The number of nitrogens with one attached hydrogen (secondary N) is 1. The minimum Gasteiger partial charge on any atom is -0.368 e. The number of aromatic nitrogens is 3. The Kier molecular flexibility index (Phi) is 5.10. The van der Waals surface area contributed by atoms with Gasteiger partial charge in [0.15, 0.2) is 11.6 Å². The summed E-state index contributed by atoms with van der Waals surface area (Å²) in [5, 5.41) is 8.32. The number of rotatable bonds is 4. The summed E-state index contributed by atoms with van der Waals surface area (Å²) < 4.78 is 8.15. The van der Waals surface area contributed by atoms with Gasteiger partial charge in [0, 0.05) is 19.5 Å². The average Bonchev–Trinajstić information content (AvgIpc) is 3.08. The van der Waals surface area contributed by atoms with Gasteiger partial charge in [-0.25, -0.2) is 9.67 Å². The van der Waals surface area contributed by atoms with Gasteiger partial charge in [-0.05, 0) is 38.5 Å². The Morgan fingerprint density at radius 2 is 2.00 bits per heavy atom. The predicted octanol–water partition coefficient (Wildman–Crippen LogP) is 1.80. The Morgan fingerprint density at radius 1 is 1.20 bits per heavy atom. The van der Waals surface area contributed by atoms with Gasteiger partial charge in [0.25, 0.3) is 0 Å². The summed E-state index contributed by atoms with van der Waals surface area (Å²) in [6, 6.07) is 10.9. The number of likely N-dealkylation sites (tertiary alicyclic amines) is 1. The van der Waals surface area contributed by atoms with Gasteiger partial charge in [-0.15, -0.1) is 0 Å². The van der Waals surface area contributed by atoms with E-state index in [-0.39, 0.29) is 6.10 Å². The van der Waals surface area contributed by atoms with Crippen molar-refractivity contribution in [2.24, 2.45) is 0 Å². The molecule has 2 aromatic rings. The first-order valence-electron chi connectivity index (χ1n) is 9.29. The zero-order valence-electron chi connectivity index (χ0n) is 14.9. The molecule has 2 fully saturated rings. The molecule has 2 saturated heterocycles. The Labute approximate surface area is 149 Å². The van der Waals surface area contributed by atoms with E-state index in [1.165, 1.54) is 5.56 Å². The highest BCUT2D eigenvalue weighted by atomic mass is 16.5. The highest BCUT2D eigenvalue weighted by Crippen LogP contribution is 2.27. The normalized spacial score (nSPS) is 23.0. The van der Waals surface area contributed by atoms with Gasteiger partial charge in [0.2, 0.25) is 0 Å². The van der Waals surface area contributed by atoms with E-state index in [0.717, 1.165) is 63.7 Å². The van der Waals surface area contributed by atoms with E-state index in [1.54, 1.807) is 0 Å². The third-order valence-corrected chi connectivity index (χ3v) is 5.16. The average molecular weight is 341 g/mol. The molecule has 1 unspecified atom stereocenters. The van der Waals surface area contributed by atoms with Crippen LogP contribution >= 0.6 is 0 Å².